The molecule has 0 amide bonds. The van der Waals surface area contributed by atoms with Gasteiger partial charge in [0, 0.05) is 11.8 Å². The Morgan fingerprint density at radius 2 is 1.62 bits per heavy atom. The minimum Gasteiger partial charge on any atom is -0.489 e. The number of rotatable bonds is 5. The smallest absolute Gasteiger partial charge is 0.129 e. The Balaban J connectivity index is 1.61. The van der Waals surface area contributed by atoms with Crippen LogP contribution in [0.2, 0.25) is 0 Å². The van der Waals surface area contributed by atoms with Crippen LogP contribution in [0, 0.1) is 12.7 Å². The lowest BCUT2D eigenvalue weighted by Crippen LogP contribution is -1.98. The predicted molar refractivity (Wildman–Crippen MR) is 95.6 cm³/mol. The summed E-state index contributed by atoms with van der Waals surface area (Å²) >= 11 is 0. The number of aliphatic imine (C=N–C) groups is 1. The zero-order valence-corrected chi connectivity index (χ0v) is 13.4. The van der Waals surface area contributed by atoms with Crippen molar-refractivity contribution >= 4 is 11.9 Å². The molecule has 0 unspecified atom stereocenters. The zero-order valence-electron chi connectivity index (χ0n) is 13.4. The second-order valence-electron chi connectivity index (χ2n) is 5.54. The Bertz CT molecular complexity index is 823. The Morgan fingerprint density at radius 1 is 0.917 bits per heavy atom. The molecule has 3 rings (SSSR count). The van der Waals surface area contributed by atoms with E-state index in [0.29, 0.717) is 11.3 Å². The molecule has 0 aliphatic carbocycles. The van der Waals surface area contributed by atoms with Crippen LogP contribution in [0.4, 0.5) is 10.1 Å². The zero-order chi connectivity index (χ0) is 16.8. The molecule has 120 valence electrons. The molecule has 3 aromatic carbocycles. The number of nitrogens with zero attached hydrogens (tertiary/aromatic N) is 1. The summed E-state index contributed by atoms with van der Waals surface area (Å²) in [6.07, 6.45) is 1.81. The molecule has 0 fully saturated rings. The molecule has 0 heterocycles. The van der Waals surface area contributed by atoms with Gasteiger partial charge in [-0.3, -0.25) is 4.99 Å². The molecule has 0 saturated heterocycles. The van der Waals surface area contributed by atoms with E-state index in [0.717, 1.165) is 11.3 Å². The van der Waals surface area contributed by atoms with E-state index >= 15 is 0 Å². The monoisotopic (exact) mass is 319 g/mol. The molecule has 0 radical (unpaired) electrons. The molecule has 0 aliphatic heterocycles. The van der Waals surface area contributed by atoms with Gasteiger partial charge in [-0.2, -0.15) is 0 Å². The average Bonchev–Trinajstić information content (AvgIpc) is 2.61. The summed E-state index contributed by atoms with van der Waals surface area (Å²) in [5.41, 5.74) is 3.65. The molecule has 3 heteroatoms. The van der Waals surface area contributed by atoms with Crippen molar-refractivity contribution in [1.29, 1.82) is 0 Å². The van der Waals surface area contributed by atoms with Crippen LogP contribution in [0.25, 0.3) is 0 Å². The number of hydrogen-bond donors (Lipinski definition) is 0. The van der Waals surface area contributed by atoms with Crippen LogP contribution in [-0.4, -0.2) is 6.21 Å². The SMILES string of the molecule is Cc1ccc(N=Cc2ccc(OCc3ccccc3F)cc2)cc1. The lowest BCUT2D eigenvalue weighted by Gasteiger charge is -2.07. The summed E-state index contributed by atoms with van der Waals surface area (Å²) in [5.74, 6) is 0.449. The van der Waals surface area contributed by atoms with E-state index in [9.17, 15) is 4.39 Å². The first-order valence-electron chi connectivity index (χ1n) is 7.78. The minimum absolute atomic E-state index is 0.212. The van der Waals surface area contributed by atoms with Crippen LogP contribution >= 0.6 is 0 Å². The highest BCUT2D eigenvalue weighted by Gasteiger charge is 2.01. The van der Waals surface area contributed by atoms with Crippen molar-refractivity contribution in [2.75, 3.05) is 0 Å². The van der Waals surface area contributed by atoms with Gasteiger partial charge in [0.05, 0.1) is 5.69 Å². The topological polar surface area (TPSA) is 21.6 Å². The molecular formula is C21H18FNO. The van der Waals surface area contributed by atoms with Crippen molar-refractivity contribution in [2.45, 2.75) is 13.5 Å². The Kier molecular flexibility index (Phi) is 5.02. The van der Waals surface area contributed by atoms with Crippen molar-refractivity contribution in [1.82, 2.24) is 0 Å². The highest BCUT2D eigenvalue weighted by atomic mass is 19.1. The number of benzene rings is 3. The maximum Gasteiger partial charge on any atom is 0.129 e. The minimum atomic E-state index is -0.251. The summed E-state index contributed by atoms with van der Waals surface area (Å²) < 4.78 is 19.2. The van der Waals surface area contributed by atoms with Crippen molar-refractivity contribution in [3.63, 3.8) is 0 Å². The molecule has 0 N–H and O–H groups in total. The second-order valence-corrected chi connectivity index (χ2v) is 5.54. The summed E-state index contributed by atoms with van der Waals surface area (Å²) in [4.78, 5) is 4.44. The molecule has 0 bridgehead atoms. The Labute approximate surface area is 141 Å². The van der Waals surface area contributed by atoms with E-state index in [1.54, 1.807) is 18.2 Å². The summed E-state index contributed by atoms with van der Waals surface area (Å²) in [5, 5.41) is 0. The Hall–Kier alpha value is -2.94. The normalized spacial score (nSPS) is 10.9. The van der Waals surface area contributed by atoms with E-state index in [1.807, 2.05) is 61.7 Å². The fourth-order valence-corrected chi connectivity index (χ4v) is 2.21. The number of halogens is 1. The van der Waals surface area contributed by atoms with Gasteiger partial charge in [-0.25, -0.2) is 4.39 Å². The summed E-state index contributed by atoms with van der Waals surface area (Å²) in [6, 6.07) is 22.2. The van der Waals surface area contributed by atoms with E-state index in [-0.39, 0.29) is 12.4 Å². The molecule has 0 aliphatic rings. The van der Waals surface area contributed by atoms with E-state index in [2.05, 4.69) is 4.99 Å². The first-order chi connectivity index (χ1) is 11.7. The number of hydrogen-bond acceptors (Lipinski definition) is 2. The van der Waals surface area contributed by atoms with Crippen molar-refractivity contribution < 1.29 is 9.13 Å². The van der Waals surface area contributed by atoms with Crippen LogP contribution in [0.15, 0.2) is 77.8 Å². The predicted octanol–water partition coefficient (Wildman–Crippen LogP) is 5.46. The van der Waals surface area contributed by atoms with Crippen molar-refractivity contribution in [2.24, 2.45) is 4.99 Å². The van der Waals surface area contributed by atoms with Crippen LogP contribution in [0.1, 0.15) is 16.7 Å². The molecule has 0 aromatic heterocycles. The third-order valence-corrected chi connectivity index (χ3v) is 3.63. The standard InChI is InChI=1S/C21H18FNO/c1-16-6-10-19(11-7-16)23-14-17-8-12-20(13-9-17)24-15-18-4-2-3-5-21(18)22/h2-14H,15H2,1H3. The quantitative estimate of drug-likeness (QED) is 0.572. The van der Waals surface area contributed by atoms with Gasteiger partial charge < -0.3 is 4.74 Å². The van der Waals surface area contributed by atoms with Gasteiger partial charge in [0.2, 0.25) is 0 Å². The highest BCUT2D eigenvalue weighted by molar-refractivity contribution is 5.82. The molecule has 0 spiro atoms. The maximum absolute atomic E-state index is 13.5. The third-order valence-electron chi connectivity index (χ3n) is 3.63. The van der Waals surface area contributed by atoms with E-state index < -0.39 is 0 Å². The number of aryl methyl sites for hydroxylation is 1. The van der Waals surface area contributed by atoms with Gasteiger partial charge in [-0.15, -0.1) is 0 Å². The molecule has 0 atom stereocenters. The molecule has 3 aromatic rings. The van der Waals surface area contributed by atoms with Gasteiger partial charge in [0.25, 0.3) is 0 Å². The number of ether oxygens (including phenoxy) is 1. The second kappa shape index (κ2) is 7.55. The molecule has 2 nitrogen and oxygen atoms in total. The van der Waals surface area contributed by atoms with Crippen molar-refractivity contribution in [3.05, 3.63) is 95.3 Å². The average molecular weight is 319 g/mol. The van der Waals surface area contributed by atoms with E-state index in [1.165, 1.54) is 11.6 Å². The van der Waals surface area contributed by atoms with E-state index in [4.69, 9.17) is 4.74 Å². The molecular weight excluding hydrogens is 301 g/mol. The van der Waals surface area contributed by atoms with Gasteiger partial charge in [0.15, 0.2) is 0 Å². The molecule has 0 saturated carbocycles. The summed E-state index contributed by atoms with van der Waals surface area (Å²) in [7, 11) is 0. The van der Waals surface area contributed by atoms with Crippen LogP contribution < -0.4 is 4.74 Å². The lowest BCUT2D eigenvalue weighted by atomic mass is 10.2. The van der Waals surface area contributed by atoms with Gasteiger partial charge in [0.1, 0.15) is 18.2 Å². The van der Waals surface area contributed by atoms with Gasteiger partial charge >= 0.3 is 0 Å². The Morgan fingerprint density at radius 3 is 2.33 bits per heavy atom. The first-order valence-corrected chi connectivity index (χ1v) is 7.78. The van der Waals surface area contributed by atoms with Crippen LogP contribution in [0.5, 0.6) is 5.75 Å². The van der Waals surface area contributed by atoms with Gasteiger partial charge in [-0.05, 0) is 55.0 Å². The van der Waals surface area contributed by atoms with Gasteiger partial charge in [-0.1, -0.05) is 35.9 Å². The first kappa shape index (κ1) is 15.9. The fraction of sp³-hybridized carbons (Fsp3) is 0.0952. The molecule has 24 heavy (non-hydrogen) atoms. The largest absolute Gasteiger partial charge is 0.489 e. The fourth-order valence-electron chi connectivity index (χ4n) is 2.21. The lowest BCUT2D eigenvalue weighted by molar-refractivity contribution is 0.300. The van der Waals surface area contributed by atoms with Crippen molar-refractivity contribution in [3.8, 4) is 5.75 Å². The van der Waals surface area contributed by atoms with Crippen LogP contribution in [0.3, 0.4) is 0 Å². The third kappa shape index (κ3) is 4.29. The summed E-state index contributed by atoms with van der Waals surface area (Å²) in [6.45, 7) is 2.26. The van der Waals surface area contributed by atoms with Crippen LogP contribution in [-0.2, 0) is 6.61 Å². The maximum atomic E-state index is 13.5. The highest BCUT2D eigenvalue weighted by Crippen LogP contribution is 2.16.